The van der Waals surface area contributed by atoms with E-state index < -0.39 is 17.7 Å². The molecule has 0 unspecified atom stereocenters. The van der Waals surface area contributed by atoms with E-state index in [1.165, 1.54) is 18.2 Å². The van der Waals surface area contributed by atoms with E-state index in [0.29, 0.717) is 5.69 Å². The predicted octanol–water partition coefficient (Wildman–Crippen LogP) is 2.77. The second-order valence-electron chi connectivity index (χ2n) is 4.68. The fraction of sp³-hybridized carbons (Fsp3) is 0.118. The molecule has 0 aromatic heterocycles. The van der Waals surface area contributed by atoms with E-state index in [4.69, 9.17) is 5.11 Å². The summed E-state index contributed by atoms with van der Waals surface area (Å²) in [7, 11) is 0. The average molecular weight is 297 g/mol. The summed E-state index contributed by atoms with van der Waals surface area (Å²) < 4.78 is 0. The zero-order chi connectivity index (χ0) is 16.1. The predicted molar refractivity (Wildman–Crippen MR) is 82.2 cm³/mol. The number of carbonyl (C=O) groups is 3. The molecule has 22 heavy (non-hydrogen) atoms. The Morgan fingerprint density at radius 1 is 0.955 bits per heavy atom. The van der Waals surface area contributed by atoms with Gasteiger partial charge in [0.15, 0.2) is 0 Å². The molecule has 0 radical (unpaired) electrons. The van der Waals surface area contributed by atoms with Gasteiger partial charge in [-0.2, -0.15) is 0 Å². The zero-order valence-corrected chi connectivity index (χ0v) is 12.0. The maximum absolute atomic E-state index is 12.3. The molecular formula is C17H15NO4. The van der Waals surface area contributed by atoms with Crippen molar-refractivity contribution in [1.82, 2.24) is 0 Å². The molecule has 1 amide bonds. The maximum Gasteiger partial charge on any atom is 0.377 e. The Hall–Kier alpha value is -2.95. The molecule has 0 aliphatic rings. The van der Waals surface area contributed by atoms with Crippen molar-refractivity contribution >= 4 is 23.3 Å². The third-order valence-corrected chi connectivity index (χ3v) is 3.23. The highest BCUT2D eigenvalue weighted by atomic mass is 16.4. The number of nitrogens with one attached hydrogen (secondary N) is 1. The van der Waals surface area contributed by atoms with E-state index in [9.17, 15) is 14.4 Å². The lowest BCUT2D eigenvalue weighted by Crippen LogP contribution is -2.20. The van der Waals surface area contributed by atoms with Crippen molar-refractivity contribution in [3.05, 3.63) is 65.2 Å². The number of carboxylic acid groups (broad SMARTS) is 1. The van der Waals surface area contributed by atoms with E-state index in [1.807, 2.05) is 19.1 Å². The second kappa shape index (κ2) is 6.67. The van der Waals surface area contributed by atoms with Gasteiger partial charge >= 0.3 is 5.97 Å². The van der Waals surface area contributed by atoms with Crippen LogP contribution in [0, 0.1) is 0 Å². The van der Waals surface area contributed by atoms with Crippen molar-refractivity contribution in [2.45, 2.75) is 13.3 Å². The van der Waals surface area contributed by atoms with Crippen molar-refractivity contribution < 1.29 is 19.5 Å². The Labute approximate surface area is 127 Å². The maximum atomic E-state index is 12.3. The van der Waals surface area contributed by atoms with Gasteiger partial charge in [0.05, 0.1) is 5.56 Å². The molecule has 0 bridgehead atoms. The summed E-state index contributed by atoms with van der Waals surface area (Å²) in [4.78, 5) is 34.7. The SMILES string of the molecule is CCc1ccc(NC(=O)c2ccccc2C(=O)C(=O)O)cc1. The summed E-state index contributed by atoms with van der Waals surface area (Å²) in [5, 5.41) is 11.5. The first-order valence-corrected chi connectivity index (χ1v) is 6.80. The summed E-state index contributed by atoms with van der Waals surface area (Å²) in [6.07, 6.45) is 0.893. The molecular weight excluding hydrogens is 282 g/mol. The monoisotopic (exact) mass is 297 g/mol. The number of hydrogen-bond acceptors (Lipinski definition) is 3. The summed E-state index contributed by atoms with van der Waals surface area (Å²) in [6.45, 7) is 2.03. The highest BCUT2D eigenvalue weighted by Crippen LogP contribution is 2.15. The fourth-order valence-corrected chi connectivity index (χ4v) is 2.02. The summed E-state index contributed by atoms with van der Waals surface area (Å²) >= 11 is 0. The largest absolute Gasteiger partial charge is 0.475 e. The van der Waals surface area contributed by atoms with Crippen LogP contribution in [0.4, 0.5) is 5.69 Å². The molecule has 0 fully saturated rings. The van der Waals surface area contributed by atoms with Crippen LogP contribution in [-0.2, 0) is 11.2 Å². The van der Waals surface area contributed by atoms with Crippen molar-refractivity contribution in [2.75, 3.05) is 5.32 Å². The van der Waals surface area contributed by atoms with Gasteiger partial charge in [-0.25, -0.2) is 4.79 Å². The molecule has 112 valence electrons. The van der Waals surface area contributed by atoms with Gasteiger partial charge in [0.2, 0.25) is 0 Å². The molecule has 2 rings (SSSR count). The highest BCUT2D eigenvalue weighted by Gasteiger charge is 2.21. The minimum absolute atomic E-state index is 0.0365. The molecule has 2 aromatic carbocycles. The van der Waals surface area contributed by atoms with Gasteiger partial charge in [-0.1, -0.05) is 31.2 Å². The Balaban J connectivity index is 2.25. The fourth-order valence-electron chi connectivity index (χ4n) is 2.02. The van der Waals surface area contributed by atoms with Crippen LogP contribution in [0.3, 0.4) is 0 Å². The number of anilines is 1. The molecule has 0 saturated heterocycles. The molecule has 0 saturated carbocycles. The van der Waals surface area contributed by atoms with E-state index in [0.717, 1.165) is 12.0 Å². The van der Waals surface area contributed by atoms with Crippen molar-refractivity contribution in [3.63, 3.8) is 0 Å². The third kappa shape index (κ3) is 3.38. The molecule has 5 heteroatoms. The summed E-state index contributed by atoms with van der Waals surface area (Å²) in [6, 6.07) is 13.2. The summed E-state index contributed by atoms with van der Waals surface area (Å²) in [5.41, 5.74) is 1.63. The van der Waals surface area contributed by atoms with Crippen molar-refractivity contribution in [1.29, 1.82) is 0 Å². The minimum atomic E-state index is -1.59. The summed E-state index contributed by atoms with van der Waals surface area (Å²) in [5.74, 6) is -3.21. The first-order valence-electron chi connectivity index (χ1n) is 6.80. The first kappa shape index (κ1) is 15.4. The van der Waals surface area contributed by atoms with Crippen LogP contribution in [0.1, 0.15) is 33.2 Å². The number of carboxylic acids is 1. The molecule has 0 spiro atoms. The number of aliphatic carboxylic acids is 1. The lowest BCUT2D eigenvalue weighted by molar-refractivity contribution is -0.131. The van der Waals surface area contributed by atoms with Crippen LogP contribution in [0.25, 0.3) is 0 Å². The van der Waals surface area contributed by atoms with E-state index in [-0.39, 0.29) is 11.1 Å². The van der Waals surface area contributed by atoms with Crippen molar-refractivity contribution in [2.24, 2.45) is 0 Å². The number of aryl methyl sites for hydroxylation is 1. The van der Waals surface area contributed by atoms with Gasteiger partial charge < -0.3 is 10.4 Å². The van der Waals surface area contributed by atoms with Gasteiger partial charge in [-0.15, -0.1) is 0 Å². The molecule has 0 atom stereocenters. The number of Topliss-reactive ketones (excluding diaryl/α,β-unsaturated/α-hetero) is 1. The Bertz CT molecular complexity index is 720. The van der Waals surface area contributed by atoms with Crippen LogP contribution < -0.4 is 5.32 Å². The van der Waals surface area contributed by atoms with Crippen LogP contribution in [0.5, 0.6) is 0 Å². The highest BCUT2D eigenvalue weighted by molar-refractivity contribution is 6.41. The van der Waals surface area contributed by atoms with E-state index in [2.05, 4.69) is 5.32 Å². The van der Waals surface area contributed by atoms with Crippen LogP contribution in [0.15, 0.2) is 48.5 Å². The van der Waals surface area contributed by atoms with E-state index in [1.54, 1.807) is 18.2 Å². The average Bonchev–Trinajstić information content (AvgIpc) is 2.54. The van der Waals surface area contributed by atoms with Gasteiger partial charge in [0.25, 0.3) is 11.7 Å². The second-order valence-corrected chi connectivity index (χ2v) is 4.68. The Kier molecular flexibility index (Phi) is 4.68. The molecule has 2 aromatic rings. The zero-order valence-electron chi connectivity index (χ0n) is 12.0. The molecule has 0 aliphatic carbocycles. The molecule has 0 aliphatic heterocycles. The van der Waals surface area contributed by atoms with Gasteiger partial charge in [0, 0.05) is 11.3 Å². The molecule has 2 N–H and O–H groups in total. The smallest absolute Gasteiger partial charge is 0.377 e. The first-order chi connectivity index (χ1) is 10.5. The lowest BCUT2D eigenvalue weighted by Gasteiger charge is -2.08. The van der Waals surface area contributed by atoms with Gasteiger partial charge in [0.1, 0.15) is 0 Å². The number of ketones is 1. The topological polar surface area (TPSA) is 83.5 Å². The minimum Gasteiger partial charge on any atom is -0.475 e. The quantitative estimate of drug-likeness (QED) is 0.656. The standard InChI is InChI=1S/C17H15NO4/c1-2-11-7-9-12(10-8-11)18-16(20)14-6-4-3-5-13(14)15(19)17(21)22/h3-10H,2H2,1H3,(H,18,20)(H,21,22). The number of amides is 1. The van der Waals surface area contributed by atoms with Crippen LogP contribution >= 0.6 is 0 Å². The lowest BCUT2D eigenvalue weighted by atomic mass is 10.0. The molecule has 0 heterocycles. The normalized spacial score (nSPS) is 10.0. The number of rotatable bonds is 5. The van der Waals surface area contributed by atoms with Crippen molar-refractivity contribution in [3.8, 4) is 0 Å². The molecule has 5 nitrogen and oxygen atoms in total. The Morgan fingerprint density at radius 3 is 2.09 bits per heavy atom. The van der Waals surface area contributed by atoms with Crippen LogP contribution in [0.2, 0.25) is 0 Å². The van der Waals surface area contributed by atoms with Gasteiger partial charge in [-0.05, 0) is 36.2 Å². The third-order valence-electron chi connectivity index (χ3n) is 3.23. The number of carbonyl (C=O) groups excluding carboxylic acids is 2. The Morgan fingerprint density at radius 2 is 1.55 bits per heavy atom. The van der Waals surface area contributed by atoms with Crippen LogP contribution in [-0.4, -0.2) is 22.8 Å². The number of benzene rings is 2. The van der Waals surface area contributed by atoms with E-state index >= 15 is 0 Å². The number of hydrogen-bond donors (Lipinski definition) is 2. The van der Waals surface area contributed by atoms with Gasteiger partial charge in [-0.3, -0.25) is 9.59 Å².